The van der Waals surface area contributed by atoms with E-state index in [-0.39, 0.29) is 5.41 Å². The predicted molar refractivity (Wildman–Crippen MR) is 116 cm³/mol. The molecule has 0 saturated carbocycles. The molecule has 0 atom stereocenters. The van der Waals surface area contributed by atoms with Crippen LogP contribution in [0.3, 0.4) is 0 Å². The molecular formula is C26H34. The molecule has 0 fully saturated rings. The molecule has 0 nitrogen and oxygen atoms in total. The molecule has 0 saturated heterocycles. The van der Waals surface area contributed by atoms with Crippen LogP contribution in [0, 0.1) is 0 Å². The van der Waals surface area contributed by atoms with Gasteiger partial charge in [0.25, 0.3) is 0 Å². The van der Waals surface area contributed by atoms with Crippen LogP contribution in [0.25, 0.3) is 17.2 Å². The fourth-order valence-electron chi connectivity index (χ4n) is 4.00. The summed E-state index contributed by atoms with van der Waals surface area (Å²) in [7, 11) is 0. The molecule has 2 aromatic carbocycles. The van der Waals surface area contributed by atoms with Crippen LogP contribution >= 0.6 is 0 Å². The number of benzene rings is 2. The highest BCUT2D eigenvalue weighted by Gasteiger charge is 2.25. The Morgan fingerprint density at radius 1 is 0.846 bits per heavy atom. The molecule has 0 N–H and O–H groups in total. The Kier molecular flexibility index (Phi) is 4.90. The van der Waals surface area contributed by atoms with Gasteiger partial charge in [-0.3, -0.25) is 0 Å². The van der Waals surface area contributed by atoms with Gasteiger partial charge in [-0.2, -0.15) is 0 Å². The molecule has 0 bridgehead atoms. The van der Waals surface area contributed by atoms with E-state index < -0.39 is 0 Å². The zero-order valence-corrected chi connectivity index (χ0v) is 17.8. The lowest BCUT2D eigenvalue weighted by Gasteiger charge is -2.26. The molecular weight excluding hydrogens is 312 g/mol. The highest BCUT2D eigenvalue weighted by molar-refractivity contribution is 5.84. The van der Waals surface area contributed by atoms with Gasteiger partial charge < -0.3 is 0 Å². The van der Waals surface area contributed by atoms with Gasteiger partial charge >= 0.3 is 0 Å². The van der Waals surface area contributed by atoms with Gasteiger partial charge in [0.05, 0.1) is 0 Å². The second-order valence-electron chi connectivity index (χ2n) is 9.68. The van der Waals surface area contributed by atoms with Crippen molar-refractivity contribution in [3.63, 3.8) is 0 Å². The van der Waals surface area contributed by atoms with Crippen molar-refractivity contribution >= 4 is 6.08 Å². The Labute approximate surface area is 160 Å². The van der Waals surface area contributed by atoms with Gasteiger partial charge in [0.1, 0.15) is 0 Å². The molecule has 1 aliphatic rings. The van der Waals surface area contributed by atoms with E-state index in [1.165, 1.54) is 44.5 Å². The summed E-state index contributed by atoms with van der Waals surface area (Å²) in [6.07, 6.45) is 3.50. The van der Waals surface area contributed by atoms with Crippen LogP contribution in [-0.4, -0.2) is 0 Å². The van der Waals surface area contributed by atoms with Crippen LogP contribution in [0.4, 0.5) is 0 Å². The van der Waals surface area contributed by atoms with Gasteiger partial charge in [0, 0.05) is 0 Å². The van der Waals surface area contributed by atoms with E-state index >= 15 is 0 Å². The van der Waals surface area contributed by atoms with Gasteiger partial charge in [-0.05, 0) is 69.5 Å². The Morgan fingerprint density at radius 3 is 1.92 bits per heavy atom. The molecule has 0 aromatic heterocycles. The monoisotopic (exact) mass is 346 g/mol. The van der Waals surface area contributed by atoms with Crippen molar-refractivity contribution in [3.05, 3.63) is 63.7 Å². The molecule has 0 radical (unpaired) electrons. The van der Waals surface area contributed by atoms with Crippen molar-refractivity contribution in [1.82, 2.24) is 0 Å². The maximum absolute atomic E-state index is 2.43. The van der Waals surface area contributed by atoms with Crippen molar-refractivity contribution in [1.29, 1.82) is 0 Å². The van der Waals surface area contributed by atoms with Crippen LogP contribution < -0.4 is 0 Å². The molecule has 0 amide bonds. The second-order valence-corrected chi connectivity index (χ2v) is 9.68. The largest absolute Gasteiger partial charge is 0.0683 e. The molecule has 0 aliphatic heterocycles. The van der Waals surface area contributed by atoms with E-state index in [0.717, 1.165) is 6.42 Å². The van der Waals surface area contributed by atoms with Crippen LogP contribution in [-0.2, 0) is 11.8 Å². The van der Waals surface area contributed by atoms with Gasteiger partial charge in [0.15, 0.2) is 0 Å². The lowest BCUT2D eigenvalue weighted by molar-refractivity contribution is 0.591. The molecule has 2 aromatic rings. The summed E-state index contributed by atoms with van der Waals surface area (Å²) in [5.74, 6) is 1.08. The third-order valence-electron chi connectivity index (χ3n) is 5.60. The summed E-state index contributed by atoms with van der Waals surface area (Å²) in [5, 5.41) is 0. The number of allylic oxidation sites excluding steroid dienone is 1. The Hall–Kier alpha value is -1.82. The quantitative estimate of drug-likeness (QED) is 0.530. The maximum Gasteiger partial charge on any atom is -0.00604 e. The van der Waals surface area contributed by atoms with E-state index in [9.17, 15) is 0 Å². The first-order chi connectivity index (χ1) is 12.1. The van der Waals surface area contributed by atoms with Crippen LogP contribution in [0.15, 0.2) is 35.9 Å². The summed E-state index contributed by atoms with van der Waals surface area (Å²) in [4.78, 5) is 0. The normalized spacial score (nSPS) is 14.2. The predicted octanol–water partition coefficient (Wildman–Crippen LogP) is 7.86. The first kappa shape index (κ1) is 19.0. The van der Waals surface area contributed by atoms with Gasteiger partial charge in [0.2, 0.25) is 0 Å². The highest BCUT2D eigenvalue weighted by atomic mass is 14.3. The lowest BCUT2D eigenvalue weighted by atomic mass is 9.78. The summed E-state index contributed by atoms with van der Waals surface area (Å²) in [5.41, 5.74) is 11.7. The highest BCUT2D eigenvalue weighted by Crippen LogP contribution is 2.42. The number of hydrogen-bond donors (Lipinski definition) is 0. The molecule has 0 heterocycles. The van der Waals surface area contributed by atoms with Gasteiger partial charge in [-0.25, -0.2) is 0 Å². The molecule has 26 heavy (non-hydrogen) atoms. The minimum atomic E-state index is 0.126. The first-order valence-corrected chi connectivity index (χ1v) is 10.1. The van der Waals surface area contributed by atoms with Crippen LogP contribution in [0.2, 0.25) is 0 Å². The minimum absolute atomic E-state index is 0.126. The molecule has 0 unspecified atom stereocenters. The smallest absolute Gasteiger partial charge is 0.00604 e. The van der Waals surface area contributed by atoms with E-state index in [1.807, 2.05) is 0 Å². The van der Waals surface area contributed by atoms with E-state index in [1.54, 1.807) is 0 Å². The zero-order chi connectivity index (χ0) is 19.2. The fraction of sp³-hybridized carbons (Fsp3) is 0.462. The van der Waals surface area contributed by atoms with Crippen molar-refractivity contribution < 1.29 is 0 Å². The number of rotatable bonds is 3. The van der Waals surface area contributed by atoms with Gasteiger partial charge in [-0.1, -0.05) is 90.4 Å². The van der Waals surface area contributed by atoms with E-state index in [0.29, 0.717) is 11.8 Å². The van der Waals surface area contributed by atoms with Crippen LogP contribution in [0.5, 0.6) is 0 Å². The van der Waals surface area contributed by atoms with Crippen LogP contribution in [0.1, 0.15) is 95.0 Å². The summed E-state index contributed by atoms with van der Waals surface area (Å²) in [6.45, 7) is 18.4. The maximum atomic E-state index is 2.43. The topological polar surface area (TPSA) is 0 Å². The molecule has 138 valence electrons. The van der Waals surface area contributed by atoms with Gasteiger partial charge in [-0.15, -0.1) is 0 Å². The third kappa shape index (κ3) is 3.52. The fourth-order valence-corrected chi connectivity index (χ4v) is 4.00. The number of hydrogen-bond acceptors (Lipinski definition) is 0. The van der Waals surface area contributed by atoms with E-state index in [2.05, 4.69) is 91.8 Å². The zero-order valence-electron chi connectivity index (χ0n) is 17.8. The standard InChI is InChI=1S/C26H34/c1-16(2)20-13-21(17(3)4)15-22(14-20)25-23-12-18(5)11-19(23)9-10-24(25)26(6,7)8/h9-10,12-17H,11H2,1-8H3. The van der Waals surface area contributed by atoms with Crippen molar-refractivity contribution in [2.24, 2.45) is 0 Å². The Bertz CT molecular complexity index is 828. The van der Waals surface area contributed by atoms with E-state index in [4.69, 9.17) is 0 Å². The lowest BCUT2D eigenvalue weighted by Crippen LogP contribution is -2.14. The average molecular weight is 347 g/mol. The summed E-state index contributed by atoms with van der Waals surface area (Å²) >= 11 is 0. The number of fused-ring (bicyclic) bond motifs is 1. The summed E-state index contributed by atoms with van der Waals surface area (Å²) < 4.78 is 0. The summed E-state index contributed by atoms with van der Waals surface area (Å²) in [6, 6.07) is 12.0. The third-order valence-corrected chi connectivity index (χ3v) is 5.60. The minimum Gasteiger partial charge on any atom is -0.0683 e. The first-order valence-electron chi connectivity index (χ1n) is 10.1. The molecule has 1 aliphatic carbocycles. The molecule has 0 spiro atoms. The second kappa shape index (κ2) is 6.72. The SMILES string of the molecule is CC1=Cc2c(ccc(C(C)(C)C)c2-c2cc(C(C)C)cc(C(C)C)c2)C1. The van der Waals surface area contributed by atoms with Crippen molar-refractivity contribution in [2.75, 3.05) is 0 Å². The Morgan fingerprint density at radius 2 is 1.42 bits per heavy atom. The average Bonchev–Trinajstić information content (AvgIpc) is 2.92. The van der Waals surface area contributed by atoms with Crippen molar-refractivity contribution in [3.8, 4) is 11.1 Å². The molecule has 0 heteroatoms. The molecule has 3 rings (SSSR count). The Balaban J connectivity index is 2.35. The van der Waals surface area contributed by atoms with Crippen molar-refractivity contribution in [2.45, 2.75) is 79.1 Å².